The molecule has 0 radical (unpaired) electrons. The molecule has 0 spiro atoms. The number of carbonyl (C=O) groups excluding carboxylic acids is 2. The predicted molar refractivity (Wildman–Crippen MR) is 168 cm³/mol. The minimum Gasteiger partial charge on any atom is -0.354 e. The summed E-state index contributed by atoms with van der Waals surface area (Å²) in [6.45, 7) is 5.47. The van der Waals surface area contributed by atoms with Crippen LogP contribution in [0.1, 0.15) is 37.8 Å². The Kier molecular flexibility index (Phi) is 12.0. The van der Waals surface area contributed by atoms with Crippen LogP contribution in [0.4, 0.5) is 5.69 Å². The van der Waals surface area contributed by atoms with Gasteiger partial charge in [-0.2, -0.15) is 0 Å². The monoisotopic (exact) mass is 635 g/mol. The molecule has 0 aliphatic rings. The number of rotatable bonds is 13. The van der Waals surface area contributed by atoms with E-state index >= 15 is 0 Å². The lowest BCUT2D eigenvalue weighted by molar-refractivity contribution is -0.139. The van der Waals surface area contributed by atoms with Gasteiger partial charge in [0.25, 0.3) is 10.0 Å². The topological polar surface area (TPSA) is 86.8 Å². The standard InChI is InChI=1S/C30H35Cl2N3O4S2/c1-5-6-17-33-30(37)22(3)34(19-23-9-10-24(31)18-28(23)32)29(36)20-35(25-11-7-21(2)8-12-25)41(38,39)27-15-13-26(40-4)14-16-27/h7-16,18,22H,5-6,17,19-20H2,1-4H3,(H,33,37)/t22-/m1/s1. The van der Waals surface area contributed by atoms with Crippen LogP contribution in [0.2, 0.25) is 10.0 Å². The number of amides is 2. The van der Waals surface area contributed by atoms with Gasteiger partial charge in [0.15, 0.2) is 0 Å². The zero-order valence-electron chi connectivity index (χ0n) is 23.6. The Morgan fingerprint density at radius 3 is 2.24 bits per heavy atom. The summed E-state index contributed by atoms with van der Waals surface area (Å²) in [5.74, 6) is -0.895. The van der Waals surface area contributed by atoms with E-state index in [2.05, 4.69) is 5.32 Å². The quantitative estimate of drug-likeness (QED) is 0.170. The highest BCUT2D eigenvalue weighted by Crippen LogP contribution is 2.27. The van der Waals surface area contributed by atoms with E-state index < -0.39 is 28.5 Å². The first-order valence-electron chi connectivity index (χ1n) is 13.2. The Morgan fingerprint density at radius 2 is 1.66 bits per heavy atom. The van der Waals surface area contributed by atoms with Gasteiger partial charge in [0.2, 0.25) is 11.8 Å². The van der Waals surface area contributed by atoms with Crippen molar-refractivity contribution < 1.29 is 18.0 Å². The third-order valence-electron chi connectivity index (χ3n) is 6.60. The van der Waals surface area contributed by atoms with Crippen molar-refractivity contribution in [2.24, 2.45) is 0 Å². The molecule has 1 N–H and O–H groups in total. The largest absolute Gasteiger partial charge is 0.354 e. The van der Waals surface area contributed by atoms with Crippen molar-refractivity contribution in [1.29, 1.82) is 0 Å². The van der Waals surface area contributed by atoms with Gasteiger partial charge in [-0.15, -0.1) is 11.8 Å². The fraction of sp³-hybridized carbons (Fsp3) is 0.333. The highest BCUT2D eigenvalue weighted by molar-refractivity contribution is 7.98. The van der Waals surface area contributed by atoms with Crippen molar-refractivity contribution in [1.82, 2.24) is 10.2 Å². The molecule has 0 fully saturated rings. The number of benzene rings is 3. The summed E-state index contributed by atoms with van der Waals surface area (Å²) in [6.07, 6.45) is 3.60. The van der Waals surface area contributed by atoms with Gasteiger partial charge in [0.05, 0.1) is 10.6 Å². The lowest BCUT2D eigenvalue weighted by Crippen LogP contribution is -2.51. The smallest absolute Gasteiger partial charge is 0.264 e. The highest BCUT2D eigenvalue weighted by Gasteiger charge is 2.32. The number of nitrogens with zero attached hydrogens (tertiary/aromatic N) is 2. The second-order valence-electron chi connectivity index (χ2n) is 9.60. The van der Waals surface area contributed by atoms with Gasteiger partial charge in [-0.1, -0.05) is 60.3 Å². The molecule has 3 rings (SSSR count). The summed E-state index contributed by atoms with van der Waals surface area (Å²) >= 11 is 14.0. The molecule has 220 valence electrons. The fourth-order valence-corrected chi connectivity index (χ4v) is 6.36. The lowest BCUT2D eigenvalue weighted by atomic mass is 10.1. The molecule has 0 aromatic heterocycles. The Hall–Kier alpha value is -2.72. The SMILES string of the molecule is CCCCNC(=O)[C@@H](C)N(Cc1ccc(Cl)cc1Cl)C(=O)CN(c1ccc(C)cc1)S(=O)(=O)c1ccc(SC)cc1. The zero-order valence-corrected chi connectivity index (χ0v) is 26.7. The zero-order chi connectivity index (χ0) is 30.2. The molecule has 0 aliphatic heterocycles. The molecule has 1 atom stereocenters. The number of aryl methyl sites for hydroxylation is 1. The average Bonchev–Trinajstić information content (AvgIpc) is 2.95. The van der Waals surface area contributed by atoms with Gasteiger partial charge in [0, 0.05) is 28.0 Å². The van der Waals surface area contributed by atoms with E-state index in [1.165, 1.54) is 28.8 Å². The van der Waals surface area contributed by atoms with Crippen LogP contribution in [0.15, 0.2) is 76.5 Å². The van der Waals surface area contributed by atoms with Gasteiger partial charge >= 0.3 is 0 Å². The number of hydrogen-bond acceptors (Lipinski definition) is 5. The highest BCUT2D eigenvalue weighted by atomic mass is 35.5. The molecule has 0 heterocycles. The third-order valence-corrected chi connectivity index (χ3v) is 9.72. The maximum absolute atomic E-state index is 14.0. The number of carbonyl (C=O) groups is 2. The molecule has 11 heteroatoms. The molecule has 0 unspecified atom stereocenters. The fourth-order valence-electron chi connectivity index (χ4n) is 4.07. The Morgan fingerprint density at radius 1 is 1.00 bits per heavy atom. The van der Waals surface area contributed by atoms with Crippen molar-refractivity contribution >= 4 is 62.5 Å². The normalized spacial score (nSPS) is 12.0. The van der Waals surface area contributed by atoms with Crippen molar-refractivity contribution in [3.8, 4) is 0 Å². The van der Waals surface area contributed by atoms with Crippen LogP contribution in [0.25, 0.3) is 0 Å². The first-order valence-corrected chi connectivity index (χ1v) is 16.6. The number of halogens is 2. The van der Waals surface area contributed by atoms with E-state index in [4.69, 9.17) is 23.2 Å². The van der Waals surface area contributed by atoms with Crippen molar-refractivity contribution in [3.63, 3.8) is 0 Å². The van der Waals surface area contributed by atoms with Crippen LogP contribution in [-0.2, 0) is 26.2 Å². The second-order valence-corrected chi connectivity index (χ2v) is 13.2. The van der Waals surface area contributed by atoms with Crippen LogP contribution < -0.4 is 9.62 Å². The molecule has 7 nitrogen and oxygen atoms in total. The van der Waals surface area contributed by atoms with Crippen molar-refractivity contribution in [2.75, 3.05) is 23.7 Å². The van der Waals surface area contributed by atoms with Crippen LogP contribution in [0.5, 0.6) is 0 Å². The van der Waals surface area contributed by atoms with Crippen molar-refractivity contribution in [2.45, 2.75) is 56.0 Å². The van der Waals surface area contributed by atoms with Crippen LogP contribution in [0.3, 0.4) is 0 Å². The van der Waals surface area contributed by atoms with Gasteiger partial charge in [-0.05, 0) is 80.6 Å². The maximum atomic E-state index is 14.0. The van der Waals surface area contributed by atoms with Gasteiger partial charge < -0.3 is 10.2 Å². The summed E-state index contributed by atoms with van der Waals surface area (Å²) in [4.78, 5) is 29.4. The number of anilines is 1. The van der Waals surface area contributed by atoms with Gasteiger partial charge in [0.1, 0.15) is 12.6 Å². The second kappa shape index (κ2) is 15.0. The predicted octanol–water partition coefficient (Wildman–Crippen LogP) is 6.55. The Labute approximate surface area is 257 Å². The summed E-state index contributed by atoms with van der Waals surface area (Å²) in [5, 5.41) is 3.64. The van der Waals surface area contributed by atoms with Crippen LogP contribution in [0, 0.1) is 6.92 Å². The summed E-state index contributed by atoms with van der Waals surface area (Å²) in [6, 6.07) is 17.4. The molecular weight excluding hydrogens is 601 g/mol. The first kappa shape index (κ1) is 32.8. The first-order chi connectivity index (χ1) is 19.5. The number of nitrogens with one attached hydrogen (secondary N) is 1. The lowest BCUT2D eigenvalue weighted by Gasteiger charge is -2.32. The number of unbranched alkanes of at least 4 members (excludes halogenated alkanes) is 1. The van der Waals surface area contributed by atoms with E-state index in [-0.39, 0.29) is 17.3 Å². The van der Waals surface area contributed by atoms with Gasteiger partial charge in [-0.3, -0.25) is 13.9 Å². The minimum absolute atomic E-state index is 0.0125. The number of thioether (sulfide) groups is 1. The molecular formula is C30H35Cl2N3O4S2. The number of sulfonamides is 1. The summed E-state index contributed by atoms with van der Waals surface area (Å²) in [5.41, 5.74) is 1.86. The van der Waals surface area contributed by atoms with E-state index in [1.807, 2.05) is 20.1 Å². The molecule has 2 amide bonds. The Balaban J connectivity index is 2.02. The average molecular weight is 637 g/mol. The van der Waals surface area contributed by atoms with Crippen LogP contribution in [-0.4, -0.2) is 50.5 Å². The molecule has 41 heavy (non-hydrogen) atoms. The molecule has 0 bridgehead atoms. The van der Waals surface area contributed by atoms with Crippen LogP contribution >= 0.6 is 35.0 Å². The Bertz CT molecular complexity index is 1450. The molecule has 0 saturated carbocycles. The van der Waals surface area contributed by atoms with E-state index in [0.717, 1.165) is 27.6 Å². The summed E-state index contributed by atoms with van der Waals surface area (Å²) in [7, 11) is -4.14. The number of hydrogen-bond donors (Lipinski definition) is 1. The summed E-state index contributed by atoms with van der Waals surface area (Å²) < 4.78 is 29.0. The van der Waals surface area contributed by atoms with Gasteiger partial charge in [-0.25, -0.2) is 8.42 Å². The molecule has 3 aromatic rings. The van der Waals surface area contributed by atoms with E-state index in [0.29, 0.717) is 27.8 Å². The minimum atomic E-state index is -4.14. The third kappa shape index (κ3) is 8.64. The molecule has 3 aromatic carbocycles. The van der Waals surface area contributed by atoms with E-state index in [1.54, 1.807) is 61.5 Å². The molecule has 0 aliphatic carbocycles. The van der Waals surface area contributed by atoms with E-state index in [9.17, 15) is 18.0 Å². The van der Waals surface area contributed by atoms with Crippen molar-refractivity contribution in [3.05, 3.63) is 87.9 Å². The maximum Gasteiger partial charge on any atom is 0.264 e. The molecule has 0 saturated heterocycles.